The number of carbonyl (C=O) groups excluding carboxylic acids is 3. The van der Waals surface area contributed by atoms with E-state index in [4.69, 9.17) is 0 Å². The highest BCUT2D eigenvalue weighted by Gasteiger charge is 2.74. The standard InChI is InChI=1S/C27H37N3O4S/c1-2-15-28-24(32)21-20-13-14-27(35-20)22(21)26(34)30(19(16-31)17-9-5-3-6-10-17)23(27)25(33)29-18-11-7-4-8-12-18/h3,5-6,9-10,18-23,31H,2,4,7-8,11-16H2,1H3,(H,28,32)(H,29,33)/t19-,20+,21-,22+,23?,27?/m1/s1. The average Bonchev–Trinajstić information content (AvgIpc) is 3.52. The number of carbonyl (C=O) groups is 3. The molecule has 3 amide bonds. The van der Waals surface area contributed by atoms with E-state index in [1.807, 2.05) is 37.3 Å². The van der Waals surface area contributed by atoms with Crippen LogP contribution in [-0.2, 0) is 14.4 Å². The summed E-state index contributed by atoms with van der Waals surface area (Å²) in [6.07, 6.45) is 7.72. The second kappa shape index (κ2) is 10.1. The molecule has 3 aliphatic heterocycles. The maximum atomic E-state index is 14.2. The van der Waals surface area contributed by atoms with Gasteiger partial charge in [0.2, 0.25) is 17.7 Å². The number of nitrogens with zero attached hydrogens (tertiary/aromatic N) is 1. The fraction of sp³-hybridized carbons (Fsp3) is 0.667. The van der Waals surface area contributed by atoms with Gasteiger partial charge < -0.3 is 20.6 Å². The number of hydrogen-bond acceptors (Lipinski definition) is 5. The van der Waals surface area contributed by atoms with Gasteiger partial charge in [0.15, 0.2) is 0 Å². The summed E-state index contributed by atoms with van der Waals surface area (Å²) in [6, 6.07) is 8.27. The summed E-state index contributed by atoms with van der Waals surface area (Å²) in [7, 11) is 0. The number of aliphatic hydroxyl groups is 1. The summed E-state index contributed by atoms with van der Waals surface area (Å²) in [5.74, 6) is -1.33. The van der Waals surface area contributed by atoms with E-state index in [2.05, 4.69) is 10.6 Å². The smallest absolute Gasteiger partial charge is 0.244 e. The zero-order valence-electron chi connectivity index (χ0n) is 20.4. The van der Waals surface area contributed by atoms with Crippen LogP contribution < -0.4 is 10.6 Å². The highest BCUT2D eigenvalue weighted by Crippen LogP contribution is 2.67. The first-order valence-electron chi connectivity index (χ1n) is 13.3. The molecule has 3 N–H and O–H groups in total. The van der Waals surface area contributed by atoms with Crippen LogP contribution in [0.5, 0.6) is 0 Å². The van der Waals surface area contributed by atoms with Crippen LogP contribution in [0.25, 0.3) is 0 Å². The predicted molar refractivity (Wildman–Crippen MR) is 136 cm³/mol. The van der Waals surface area contributed by atoms with E-state index in [-0.39, 0.29) is 35.6 Å². The Hall–Kier alpha value is -2.06. The van der Waals surface area contributed by atoms with Gasteiger partial charge in [-0.1, -0.05) is 56.5 Å². The molecule has 35 heavy (non-hydrogen) atoms. The molecule has 1 spiro atoms. The Kier molecular flexibility index (Phi) is 7.13. The maximum absolute atomic E-state index is 14.2. The summed E-state index contributed by atoms with van der Waals surface area (Å²) >= 11 is 1.68. The third-order valence-electron chi connectivity index (χ3n) is 8.48. The molecule has 3 heterocycles. The van der Waals surface area contributed by atoms with Gasteiger partial charge in [-0.25, -0.2) is 0 Å². The Morgan fingerprint density at radius 2 is 1.89 bits per heavy atom. The lowest BCUT2D eigenvalue weighted by molar-refractivity contribution is -0.143. The zero-order valence-corrected chi connectivity index (χ0v) is 21.3. The Morgan fingerprint density at radius 3 is 2.57 bits per heavy atom. The van der Waals surface area contributed by atoms with E-state index in [0.717, 1.165) is 50.5 Å². The summed E-state index contributed by atoms with van der Waals surface area (Å²) in [5, 5.41) is 16.8. The number of rotatable bonds is 8. The molecule has 6 atom stereocenters. The van der Waals surface area contributed by atoms with Crippen molar-refractivity contribution in [1.29, 1.82) is 0 Å². The van der Waals surface area contributed by atoms with E-state index < -0.39 is 28.7 Å². The van der Waals surface area contributed by atoms with Gasteiger partial charge in [0, 0.05) is 17.8 Å². The van der Waals surface area contributed by atoms with E-state index in [9.17, 15) is 19.5 Å². The molecular weight excluding hydrogens is 462 g/mol. The molecule has 0 radical (unpaired) electrons. The lowest BCUT2D eigenvalue weighted by Crippen LogP contribution is -2.56. The number of nitrogens with one attached hydrogen (secondary N) is 2. The number of likely N-dealkylation sites (tertiary alicyclic amines) is 1. The molecule has 4 aliphatic rings. The highest BCUT2D eigenvalue weighted by atomic mass is 32.2. The molecular formula is C27H37N3O4S. The van der Waals surface area contributed by atoms with Gasteiger partial charge in [0.05, 0.1) is 29.2 Å². The molecule has 1 aromatic rings. The summed E-state index contributed by atoms with van der Waals surface area (Å²) in [4.78, 5) is 43.1. The molecule has 1 saturated carbocycles. The Balaban J connectivity index is 1.52. The van der Waals surface area contributed by atoms with Crippen molar-refractivity contribution in [3.63, 3.8) is 0 Å². The maximum Gasteiger partial charge on any atom is 0.244 e. The van der Waals surface area contributed by atoms with Gasteiger partial charge in [0.1, 0.15) is 6.04 Å². The number of thioether (sulfide) groups is 1. The lowest BCUT2D eigenvalue weighted by atomic mass is 9.70. The van der Waals surface area contributed by atoms with Crippen LogP contribution in [0, 0.1) is 11.8 Å². The van der Waals surface area contributed by atoms with Crippen LogP contribution in [0.3, 0.4) is 0 Å². The predicted octanol–water partition coefficient (Wildman–Crippen LogP) is 2.79. The van der Waals surface area contributed by atoms with Crippen LogP contribution in [0.2, 0.25) is 0 Å². The van der Waals surface area contributed by atoms with Gasteiger partial charge in [0.25, 0.3) is 0 Å². The molecule has 2 unspecified atom stereocenters. The number of fused-ring (bicyclic) bond motifs is 1. The van der Waals surface area contributed by atoms with Gasteiger partial charge in [-0.05, 0) is 37.7 Å². The fourth-order valence-corrected chi connectivity index (χ4v) is 9.16. The van der Waals surface area contributed by atoms with Crippen LogP contribution in [-0.4, -0.2) is 63.0 Å². The van der Waals surface area contributed by atoms with Crippen LogP contribution in [0.15, 0.2) is 30.3 Å². The SMILES string of the molecule is CCCNC(=O)[C@@H]1[C@@H]2CCC3(S2)C(C(=O)NC2CCCCC2)N([C@H](CO)c2ccccc2)C(=O)[C@H]13. The number of hydrogen-bond donors (Lipinski definition) is 3. The molecule has 3 saturated heterocycles. The molecule has 5 rings (SSSR count). The minimum atomic E-state index is -0.696. The van der Waals surface area contributed by atoms with Crippen molar-refractivity contribution < 1.29 is 19.5 Å². The van der Waals surface area contributed by atoms with Gasteiger partial charge >= 0.3 is 0 Å². The van der Waals surface area contributed by atoms with Crippen molar-refractivity contribution in [3.8, 4) is 0 Å². The third-order valence-corrected chi connectivity index (χ3v) is 10.4. The molecule has 2 bridgehead atoms. The van der Waals surface area contributed by atoms with Crippen LogP contribution in [0.1, 0.15) is 69.9 Å². The minimum Gasteiger partial charge on any atom is -0.394 e. The Morgan fingerprint density at radius 1 is 1.14 bits per heavy atom. The molecule has 1 aromatic carbocycles. The molecule has 8 heteroatoms. The van der Waals surface area contributed by atoms with Crippen molar-refractivity contribution in [1.82, 2.24) is 15.5 Å². The Labute approximate surface area is 211 Å². The van der Waals surface area contributed by atoms with E-state index in [1.54, 1.807) is 16.7 Å². The van der Waals surface area contributed by atoms with Crippen molar-refractivity contribution in [3.05, 3.63) is 35.9 Å². The fourth-order valence-electron chi connectivity index (χ4n) is 6.95. The largest absolute Gasteiger partial charge is 0.394 e. The number of aliphatic hydroxyl groups excluding tert-OH is 1. The Bertz CT molecular complexity index is 953. The lowest BCUT2D eigenvalue weighted by Gasteiger charge is -2.38. The third kappa shape index (κ3) is 4.16. The van der Waals surface area contributed by atoms with Crippen molar-refractivity contribution >= 4 is 29.5 Å². The molecule has 190 valence electrons. The first-order chi connectivity index (χ1) is 17.0. The van der Waals surface area contributed by atoms with Crippen molar-refractivity contribution in [2.75, 3.05) is 13.2 Å². The topological polar surface area (TPSA) is 98.7 Å². The summed E-state index contributed by atoms with van der Waals surface area (Å²) in [6.45, 7) is 2.32. The van der Waals surface area contributed by atoms with Gasteiger partial charge in [-0.3, -0.25) is 14.4 Å². The minimum absolute atomic E-state index is 0.0530. The monoisotopic (exact) mass is 499 g/mol. The zero-order chi connectivity index (χ0) is 24.6. The highest BCUT2D eigenvalue weighted by molar-refractivity contribution is 8.02. The molecule has 4 fully saturated rings. The van der Waals surface area contributed by atoms with Crippen LogP contribution in [0.4, 0.5) is 0 Å². The first kappa shape index (κ1) is 24.6. The van der Waals surface area contributed by atoms with Crippen molar-refractivity contribution in [2.45, 2.75) is 86.4 Å². The first-order valence-corrected chi connectivity index (χ1v) is 14.1. The number of amides is 3. The van der Waals surface area contributed by atoms with Crippen molar-refractivity contribution in [2.24, 2.45) is 11.8 Å². The summed E-state index contributed by atoms with van der Waals surface area (Å²) in [5.41, 5.74) is 0.807. The van der Waals surface area contributed by atoms with E-state index in [1.165, 1.54) is 6.42 Å². The molecule has 0 aromatic heterocycles. The van der Waals surface area contributed by atoms with E-state index >= 15 is 0 Å². The molecule has 1 aliphatic carbocycles. The quantitative estimate of drug-likeness (QED) is 0.511. The average molecular weight is 500 g/mol. The summed E-state index contributed by atoms with van der Waals surface area (Å²) < 4.78 is -0.628. The second-order valence-corrected chi connectivity index (χ2v) is 12.1. The normalized spacial score (nSPS) is 33.0. The van der Waals surface area contributed by atoms with Gasteiger partial charge in [-0.15, -0.1) is 11.8 Å². The van der Waals surface area contributed by atoms with E-state index in [0.29, 0.717) is 6.54 Å². The molecule has 7 nitrogen and oxygen atoms in total. The van der Waals surface area contributed by atoms with Gasteiger partial charge in [-0.2, -0.15) is 0 Å². The second-order valence-electron chi connectivity index (χ2n) is 10.5. The van der Waals surface area contributed by atoms with Crippen LogP contribution >= 0.6 is 11.8 Å². The number of benzene rings is 1.